The molecule has 1 amide bonds. The van der Waals surface area contributed by atoms with Crippen LogP contribution in [0.15, 0.2) is 12.1 Å². The molecule has 1 unspecified atom stereocenters. The first-order valence-electron chi connectivity index (χ1n) is 8.28. The first-order chi connectivity index (χ1) is 10.1. The lowest BCUT2D eigenvalue weighted by atomic mass is 10.1. The van der Waals surface area contributed by atoms with Gasteiger partial charge in [0.2, 0.25) is 0 Å². The number of rotatable bonds is 4. The molecule has 0 saturated carbocycles. The van der Waals surface area contributed by atoms with Crippen molar-refractivity contribution >= 4 is 17.2 Å². The quantitative estimate of drug-likeness (QED) is 0.845. The summed E-state index contributed by atoms with van der Waals surface area (Å²) in [4.78, 5) is 19.4. The fourth-order valence-electron chi connectivity index (χ4n) is 3.56. The number of thiophene rings is 1. The van der Waals surface area contributed by atoms with E-state index in [1.54, 1.807) is 11.3 Å². The van der Waals surface area contributed by atoms with Crippen LogP contribution in [0, 0.1) is 5.92 Å². The van der Waals surface area contributed by atoms with Gasteiger partial charge in [-0.05, 0) is 50.3 Å². The summed E-state index contributed by atoms with van der Waals surface area (Å²) in [7, 11) is 0. The molecule has 0 radical (unpaired) electrons. The first-order valence-corrected chi connectivity index (χ1v) is 9.10. The molecule has 4 heteroatoms. The molecule has 21 heavy (non-hydrogen) atoms. The standard InChI is InChI=1S/C17H26N2OS/c1-13(2)12-19-11-5-6-14(19)15-7-8-16(21-15)17(20)18-9-3-4-10-18/h7-8,13-14H,3-6,9-12H2,1-2H3. The highest BCUT2D eigenvalue weighted by Crippen LogP contribution is 2.36. The van der Waals surface area contributed by atoms with E-state index in [-0.39, 0.29) is 5.91 Å². The first kappa shape index (κ1) is 15.0. The molecule has 1 atom stereocenters. The number of hydrogen-bond donors (Lipinski definition) is 0. The molecule has 3 rings (SSSR count). The van der Waals surface area contributed by atoms with Crippen LogP contribution in [-0.2, 0) is 0 Å². The van der Waals surface area contributed by atoms with Crippen LogP contribution in [-0.4, -0.2) is 41.9 Å². The largest absolute Gasteiger partial charge is 0.338 e. The lowest BCUT2D eigenvalue weighted by Gasteiger charge is -2.25. The van der Waals surface area contributed by atoms with Crippen LogP contribution in [0.2, 0.25) is 0 Å². The molecule has 1 aromatic heterocycles. The van der Waals surface area contributed by atoms with Crippen LogP contribution in [0.3, 0.4) is 0 Å². The van der Waals surface area contributed by atoms with Gasteiger partial charge < -0.3 is 4.90 Å². The molecule has 0 bridgehead atoms. The Morgan fingerprint density at radius 3 is 2.71 bits per heavy atom. The molecule has 2 aliphatic rings. The van der Waals surface area contributed by atoms with Gasteiger partial charge in [0.1, 0.15) is 0 Å². The van der Waals surface area contributed by atoms with Gasteiger partial charge in [-0.15, -0.1) is 11.3 Å². The van der Waals surface area contributed by atoms with E-state index in [0.29, 0.717) is 12.0 Å². The molecule has 3 nitrogen and oxygen atoms in total. The third-order valence-electron chi connectivity index (χ3n) is 4.52. The smallest absolute Gasteiger partial charge is 0.263 e. The zero-order valence-corrected chi connectivity index (χ0v) is 14.0. The number of carbonyl (C=O) groups is 1. The maximum absolute atomic E-state index is 12.5. The van der Waals surface area contributed by atoms with Crippen molar-refractivity contribution in [2.75, 3.05) is 26.2 Å². The highest BCUT2D eigenvalue weighted by atomic mass is 32.1. The zero-order valence-electron chi connectivity index (χ0n) is 13.2. The van der Waals surface area contributed by atoms with Crippen molar-refractivity contribution in [3.8, 4) is 0 Å². The SMILES string of the molecule is CC(C)CN1CCCC1c1ccc(C(=O)N2CCCC2)s1. The summed E-state index contributed by atoms with van der Waals surface area (Å²) < 4.78 is 0. The maximum atomic E-state index is 12.5. The van der Waals surface area contributed by atoms with Gasteiger partial charge in [0.15, 0.2) is 0 Å². The van der Waals surface area contributed by atoms with Crippen molar-refractivity contribution in [2.24, 2.45) is 5.92 Å². The van der Waals surface area contributed by atoms with Gasteiger partial charge in [0.25, 0.3) is 5.91 Å². The molecular formula is C17H26N2OS. The molecule has 2 fully saturated rings. The number of carbonyl (C=O) groups excluding carboxylic acids is 1. The van der Waals surface area contributed by atoms with E-state index < -0.39 is 0 Å². The van der Waals surface area contributed by atoms with Gasteiger partial charge in [-0.1, -0.05) is 13.8 Å². The van der Waals surface area contributed by atoms with Gasteiger partial charge in [0.05, 0.1) is 4.88 Å². The molecule has 2 aliphatic heterocycles. The molecule has 1 aromatic rings. The normalized spacial score (nSPS) is 23.4. The molecular weight excluding hydrogens is 280 g/mol. The van der Waals surface area contributed by atoms with Crippen molar-refractivity contribution in [1.82, 2.24) is 9.80 Å². The zero-order chi connectivity index (χ0) is 14.8. The molecule has 0 aromatic carbocycles. The highest BCUT2D eigenvalue weighted by molar-refractivity contribution is 7.14. The second-order valence-electron chi connectivity index (χ2n) is 6.75. The minimum Gasteiger partial charge on any atom is -0.338 e. The minimum atomic E-state index is 0.247. The van der Waals surface area contributed by atoms with Crippen LogP contribution < -0.4 is 0 Å². The fraction of sp³-hybridized carbons (Fsp3) is 0.706. The van der Waals surface area contributed by atoms with Crippen LogP contribution in [0.1, 0.15) is 60.1 Å². The Morgan fingerprint density at radius 2 is 2.00 bits per heavy atom. The van der Waals surface area contributed by atoms with Crippen molar-refractivity contribution in [2.45, 2.75) is 45.6 Å². The number of nitrogens with zero attached hydrogens (tertiary/aromatic N) is 2. The molecule has 2 saturated heterocycles. The van der Waals surface area contributed by atoms with Crippen molar-refractivity contribution in [3.05, 3.63) is 21.9 Å². The van der Waals surface area contributed by atoms with Crippen LogP contribution in [0.4, 0.5) is 0 Å². The Balaban J connectivity index is 1.70. The molecule has 3 heterocycles. The van der Waals surface area contributed by atoms with Crippen molar-refractivity contribution in [1.29, 1.82) is 0 Å². The van der Waals surface area contributed by atoms with E-state index >= 15 is 0 Å². The Bertz CT molecular complexity index is 491. The van der Waals surface area contributed by atoms with Gasteiger partial charge >= 0.3 is 0 Å². The van der Waals surface area contributed by atoms with E-state index in [1.165, 1.54) is 24.3 Å². The van der Waals surface area contributed by atoms with Crippen molar-refractivity contribution < 1.29 is 4.79 Å². The fourth-order valence-corrected chi connectivity index (χ4v) is 4.70. The summed E-state index contributed by atoms with van der Waals surface area (Å²) >= 11 is 1.72. The summed E-state index contributed by atoms with van der Waals surface area (Å²) in [5, 5.41) is 0. The van der Waals surface area contributed by atoms with Crippen LogP contribution >= 0.6 is 11.3 Å². The summed E-state index contributed by atoms with van der Waals surface area (Å²) in [6.45, 7) is 8.82. The minimum absolute atomic E-state index is 0.247. The van der Waals surface area contributed by atoms with E-state index in [1.807, 2.05) is 11.0 Å². The lowest BCUT2D eigenvalue weighted by Crippen LogP contribution is -2.27. The van der Waals surface area contributed by atoms with E-state index in [4.69, 9.17) is 0 Å². The Labute approximate surface area is 131 Å². The second kappa shape index (κ2) is 6.49. The van der Waals surface area contributed by atoms with Gasteiger partial charge in [-0.25, -0.2) is 0 Å². The second-order valence-corrected chi connectivity index (χ2v) is 7.86. The average molecular weight is 306 g/mol. The number of hydrogen-bond acceptors (Lipinski definition) is 3. The third-order valence-corrected chi connectivity index (χ3v) is 5.70. The van der Waals surface area contributed by atoms with E-state index in [2.05, 4.69) is 24.8 Å². The van der Waals surface area contributed by atoms with Gasteiger partial charge in [-0.2, -0.15) is 0 Å². The topological polar surface area (TPSA) is 23.6 Å². The molecule has 0 aliphatic carbocycles. The summed E-state index contributed by atoms with van der Waals surface area (Å²) in [6, 6.07) is 4.78. The lowest BCUT2D eigenvalue weighted by molar-refractivity contribution is 0.0797. The summed E-state index contributed by atoms with van der Waals surface area (Å²) in [5.74, 6) is 0.952. The van der Waals surface area contributed by atoms with Crippen LogP contribution in [0.25, 0.3) is 0 Å². The van der Waals surface area contributed by atoms with Gasteiger partial charge in [0, 0.05) is 30.6 Å². The Morgan fingerprint density at radius 1 is 1.24 bits per heavy atom. The third kappa shape index (κ3) is 3.32. The number of likely N-dealkylation sites (tertiary alicyclic amines) is 2. The Hall–Kier alpha value is -0.870. The summed E-state index contributed by atoms with van der Waals surface area (Å²) in [6.07, 6.45) is 4.85. The molecule has 0 N–H and O–H groups in total. The predicted octanol–water partition coefficient (Wildman–Crippen LogP) is 3.78. The Kier molecular flexibility index (Phi) is 4.65. The predicted molar refractivity (Wildman–Crippen MR) is 87.8 cm³/mol. The van der Waals surface area contributed by atoms with Crippen LogP contribution in [0.5, 0.6) is 0 Å². The average Bonchev–Trinajstić information content (AvgIpc) is 3.18. The van der Waals surface area contributed by atoms with Crippen molar-refractivity contribution in [3.63, 3.8) is 0 Å². The monoisotopic (exact) mass is 306 g/mol. The maximum Gasteiger partial charge on any atom is 0.263 e. The number of amides is 1. The summed E-state index contributed by atoms with van der Waals surface area (Å²) in [5.41, 5.74) is 0. The van der Waals surface area contributed by atoms with Gasteiger partial charge in [-0.3, -0.25) is 9.69 Å². The van der Waals surface area contributed by atoms with E-state index in [0.717, 1.165) is 37.4 Å². The highest BCUT2D eigenvalue weighted by Gasteiger charge is 2.29. The molecule has 116 valence electrons. The van der Waals surface area contributed by atoms with E-state index in [9.17, 15) is 4.79 Å². The molecule has 0 spiro atoms.